The molecule has 88 valence electrons. The Hall–Kier alpha value is -0.930. The SMILES string of the molecule is Cc1ccc(CC(O)C2CCC(C)O2)nc1. The molecule has 1 aromatic heterocycles. The molecule has 3 atom stereocenters. The van der Waals surface area contributed by atoms with Gasteiger partial charge in [0.1, 0.15) is 0 Å². The van der Waals surface area contributed by atoms with Crippen LogP contribution in [0.2, 0.25) is 0 Å². The van der Waals surface area contributed by atoms with Crippen LogP contribution >= 0.6 is 0 Å². The third-order valence-corrected chi connectivity index (χ3v) is 3.08. The largest absolute Gasteiger partial charge is 0.390 e. The lowest BCUT2D eigenvalue weighted by atomic mass is 10.0. The van der Waals surface area contributed by atoms with Gasteiger partial charge < -0.3 is 9.84 Å². The zero-order valence-corrected chi connectivity index (χ0v) is 9.89. The number of aryl methyl sites for hydroxylation is 1. The smallest absolute Gasteiger partial charge is 0.0857 e. The summed E-state index contributed by atoms with van der Waals surface area (Å²) in [5.74, 6) is 0. The van der Waals surface area contributed by atoms with Crippen LogP contribution in [-0.4, -0.2) is 28.4 Å². The Bertz CT molecular complexity index is 336. The molecule has 3 unspecified atom stereocenters. The fraction of sp³-hybridized carbons (Fsp3) is 0.615. The Morgan fingerprint density at radius 2 is 2.31 bits per heavy atom. The number of hydrogen-bond donors (Lipinski definition) is 1. The van der Waals surface area contributed by atoms with Crippen LogP contribution in [0.3, 0.4) is 0 Å². The first-order valence-electron chi connectivity index (χ1n) is 5.90. The molecule has 1 fully saturated rings. The van der Waals surface area contributed by atoms with Crippen LogP contribution in [-0.2, 0) is 11.2 Å². The summed E-state index contributed by atoms with van der Waals surface area (Å²) in [6.45, 7) is 4.06. The van der Waals surface area contributed by atoms with Gasteiger partial charge in [0.25, 0.3) is 0 Å². The average Bonchev–Trinajstić information content (AvgIpc) is 2.68. The van der Waals surface area contributed by atoms with E-state index in [4.69, 9.17) is 4.74 Å². The first-order valence-corrected chi connectivity index (χ1v) is 5.90. The molecule has 1 aliphatic rings. The van der Waals surface area contributed by atoms with Crippen molar-refractivity contribution in [2.45, 2.75) is 51.4 Å². The van der Waals surface area contributed by atoms with Crippen molar-refractivity contribution < 1.29 is 9.84 Å². The highest BCUT2D eigenvalue weighted by molar-refractivity contribution is 5.13. The third-order valence-electron chi connectivity index (χ3n) is 3.08. The lowest BCUT2D eigenvalue weighted by Gasteiger charge is -2.17. The minimum atomic E-state index is -0.430. The van der Waals surface area contributed by atoms with Gasteiger partial charge in [-0.05, 0) is 38.3 Å². The summed E-state index contributed by atoms with van der Waals surface area (Å²) < 4.78 is 5.64. The molecule has 1 saturated heterocycles. The number of nitrogens with zero attached hydrogens (tertiary/aromatic N) is 1. The summed E-state index contributed by atoms with van der Waals surface area (Å²) in [5.41, 5.74) is 2.07. The van der Waals surface area contributed by atoms with Gasteiger partial charge in [-0.2, -0.15) is 0 Å². The Labute approximate surface area is 96.5 Å². The Morgan fingerprint density at radius 1 is 1.50 bits per heavy atom. The lowest BCUT2D eigenvalue weighted by molar-refractivity contribution is -0.0281. The monoisotopic (exact) mass is 221 g/mol. The maximum atomic E-state index is 10.0. The summed E-state index contributed by atoms with van der Waals surface area (Å²) in [6.07, 6.45) is 4.25. The fourth-order valence-electron chi connectivity index (χ4n) is 2.08. The highest BCUT2D eigenvalue weighted by atomic mass is 16.5. The van der Waals surface area contributed by atoms with Crippen molar-refractivity contribution in [3.05, 3.63) is 29.6 Å². The van der Waals surface area contributed by atoms with E-state index in [2.05, 4.69) is 11.9 Å². The maximum Gasteiger partial charge on any atom is 0.0857 e. The molecule has 0 bridgehead atoms. The van der Waals surface area contributed by atoms with Gasteiger partial charge in [0.15, 0.2) is 0 Å². The highest BCUT2D eigenvalue weighted by Gasteiger charge is 2.28. The number of aliphatic hydroxyl groups is 1. The number of aliphatic hydroxyl groups excluding tert-OH is 1. The Balaban J connectivity index is 1.91. The van der Waals surface area contributed by atoms with E-state index in [0.29, 0.717) is 6.42 Å². The van der Waals surface area contributed by atoms with Crippen molar-refractivity contribution in [3.8, 4) is 0 Å². The second kappa shape index (κ2) is 4.93. The Kier molecular flexibility index (Phi) is 3.56. The summed E-state index contributed by atoms with van der Waals surface area (Å²) in [7, 11) is 0. The third kappa shape index (κ3) is 2.80. The van der Waals surface area contributed by atoms with Gasteiger partial charge >= 0.3 is 0 Å². The quantitative estimate of drug-likeness (QED) is 0.847. The molecular formula is C13H19NO2. The molecule has 1 aromatic rings. The van der Waals surface area contributed by atoms with Gasteiger partial charge in [0.05, 0.1) is 18.3 Å². The molecule has 0 amide bonds. The molecule has 3 heteroatoms. The molecular weight excluding hydrogens is 202 g/mol. The molecule has 16 heavy (non-hydrogen) atoms. The summed E-state index contributed by atoms with van der Waals surface area (Å²) in [4.78, 5) is 4.29. The van der Waals surface area contributed by atoms with E-state index in [1.165, 1.54) is 0 Å². The molecule has 2 heterocycles. The molecule has 1 aliphatic heterocycles. The van der Waals surface area contributed by atoms with Crippen LogP contribution in [0.25, 0.3) is 0 Å². The van der Waals surface area contributed by atoms with Crippen molar-refractivity contribution in [3.63, 3.8) is 0 Å². The van der Waals surface area contributed by atoms with Gasteiger partial charge in [-0.25, -0.2) is 0 Å². The topological polar surface area (TPSA) is 42.4 Å². The van der Waals surface area contributed by atoms with Crippen molar-refractivity contribution in [1.29, 1.82) is 0 Å². The number of pyridine rings is 1. The van der Waals surface area contributed by atoms with E-state index in [1.54, 1.807) is 0 Å². The van der Waals surface area contributed by atoms with Crippen molar-refractivity contribution in [2.24, 2.45) is 0 Å². The van der Waals surface area contributed by atoms with E-state index in [0.717, 1.165) is 24.1 Å². The predicted molar refractivity (Wildman–Crippen MR) is 62.3 cm³/mol. The first-order chi connectivity index (χ1) is 7.65. The van der Waals surface area contributed by atoms with E-state index >= 15 is 0 Å². The maximum absolute atomic E-state index is 10.0. The minimum Gasteiger partial charge on any atom is -0.390 e. The second-order valence-corrected chi connectivity index (χ2v) is 4.66. The molecule has 0 radical (unpaired) electrons. The molecule has 3 nitrogen and oxygen atoms in total. The van der Waals surface area contributed by atoms with E-state index in [-0.39, 0.29) is 12.2 Å². The van der Waals surface area contributed by atoms with Crippen molar-refractivity contribution in [2.75, 3.05) is 0 Å². The number of rotatable bonds is 3. The molecule has 1 N–H and O–H groups in total. The van der Waals surface area contributed by atoms with Gasteiger partial charge in [-0.3, -0.25) is 4.98 Å². The van der Waals surface area contributed by atoms with Crippen LogP contribution < -0.4 is 0 Å². The summed E-state index contributed by atoms with van der Waals surface area (Å²) in [6, 6.07) is 3.99. The minimum absolute atomic E-state index is 0.0156. The normalized spacial score (nSPS) is 26.9. The van der Waals surface area contributed by atoms with Gasteiger partial charge in [-0.1, -0.05) is 6.07 Å². The number of hydrogen-bond acceptors (Lipinski definition) is 3. The van der Waals surface area contributed by atoms with Gasteiger partial charge in [0.2, 0.25) is 0 Å². The fourth-order valence-corrected chi connectivity index (χ4v) is 2.08. The Morgan fingerprint density at radius 3 is 2.88 bits per heavy atom. The lowest BCUT2D eigenvalue weighted by Crippen LogP contribution is -2.28. The van der Waals surface area contributed by atoms with Crippen LogP contribution in [0.1, 0.15) is 31.0 Å². The van der Waals surface area contributed by atoms with E-state index in [9.17, 15) is 5.11 Å². The van der Waals surface area contributed by atoms with Crippen LogP contribution in [0, 0.1) is 6.92 Å². The van der Waals surface area contributed by atoms with E-state index < -0.39 is 6.10 Å². The summed E-state index contributed by atoms with van der Waals surface area (Å²) in [5, 5.41) is 10.0. The molecule has 0 spiro atoms. The molecule has 0 aromatic carbocycles. The zero-order chi connectivity index (χ0) is 11.5. The standard InChI is InChI=1S/C13H19NO2/c1-9-3-5-11(14-8-9)7-12(15)13-6-4-10(2)16-13/h3,5,8,10,12-13,15H,4,6-7H2,1-2H3. The number of aromatic nitrogens is 1. The molecule has 0 aliphatic carbocycles. The average molecular weight is 221 g/mol. The molecule has 0 saturated carbocycles. The van der Waals surface area contributed by atoms with E-state index in [1.807, 2.05) is 25.3 Å². The van der Waals surface area contributed by atoms with Crippen LogP contribution in [0.4, 0.5) is 0 Å². The highest BCUT2D eigenvalue weighted by Crippen LogP contribution is 2.23. The number of ether oxygens (including phenoxy) is 1. The van der Waals surface area contributed by atoms with Crippen LogP contribution in [0.5, 0.6) is 0 Å². The molecule has 2 rings (SSSR count). The van der Waals surface area contributed by atoms with Gasteiger partial charge in [0, 0.05) is 18.3 Å². The van der Waals surface area contributed by atoms with Crippen molar-refractivity contribution >= 4 is 0 Å². The zero-order valence-electron chi connectivity index (χ0n) is 9.89. The van der Waals surface area contributed by atoms with Crippen LogP contribution in [0.15, 0.2) is 18.3 Å². The first kappa shape index (κ1) is 11.6. The predicted octanol–water partition coefficient (Wildman–Crippen LogP) is 1.86. The van der Waals surface area contributed by atoms with Gasteiger partial charge in [-0.15, -0.1) is 0 Å². The second-order valence-electron chi connectivity index (χ2n) is 4.66. The van der Waals surface area contributed by atoms with Crippen molar-refractivity contribution in [1.82, 2.24) is 4.98 Å². The summed E-state index contributed by atoms with van der Waals surface area (Å²) >= 11 is 0.